The Labute approximate surface area is 132 Å². The average Bonchev–Trinajstić information content (AvgIpc) is 2.80. The molecule has 1 aromatic heterocycles. The minimum Gasteiger partial charge on any atom is -0.741 e. The molecule has 13 heteroatoms. The summed E-state index contributed by atoms with van der Waals surface area (Å²) in [5.41, 5.74) is -5.65. The maximum atomic E-state index is 10.7. The van der Waals surface area contributed by atoms with Gasteiger partial charge >= 0.3 is 5.51 Å². The number of aryl methyl sites for hydroxylation is 2. The third-order valence-electron chi connectivity index (χ3n) is 2.46. The van der Waals surface area contributed by atoms with E-state index in [1.807, 2.05) is 27.9 Å². The van der Waals surface area contributed by atoms with Gasteiger partial charge in [0.15, 0.2) is 10.1 Å². The average molecular weight is 382 g/mol. The molecule has 0 spiro atoms. The summed E-state index contributed by atoms with van der Waals surface area (Å²) in [5.74, 6) is -0.151. The normalized spacial score (nSPS) is 12.6. The molecule has 136 valence electrons. The van der Waals surface area contributed by atoms with E-state index >= 15 is 0 Å². The minimum absolute atomic E-state index is 0.151. The molecular formula is C10H17F3N2O6S2. The zero-order valence-corrected chi connectivity index (χ0v) is 13.7. The molecule has 0 atom stereocenters. The van der Waals surface area contributed by atoms with E-state index in [-0.39, 0.29) is 5.75 Å². The fraction of sp³-hybridized carbons (Fsp3) is 0.700. The van der Waals surface area contributed by atoms with Crippen LogP contribution in [-0.2, 0) is 33.3 Å². The van der Waals surface area contributed by atoms with Gasteiger partial charge in [0, 0.05) is 0 Å². The number of unbranched alkanes of at least 4 members (excludes halogenated alkanes) is 1. The lowest BCUT2D eigenvalue weighted by Crippen LogP contribution is -2.31. The number of hydrogen-bond donors (Lipinski definition) is 1. The molecule has 0 saturated carbocycles. The lowest BCUT2D eigenvalue weighted by Gasteiger charge is -2.08. The Kier molecular flexibility index (Phi) is 8.17. The Morgan fingerprint density at radius 1 is 1.22 bits per heavy atom. The largest absolute Gasteiger partial charge is 0.741 e. The van der Waals surface area contributed by atoms with Gasteiger partial charge in [0.2, 0.25) is 6.33 Å². The second kappa shape index (κ2) is 8.61. The van der Waals surface area contributed by atoms with E-state index < -0.39 is 25.7 Å². The van der Waals surface area contributed by atoms with E-state index in [1.54, 1.807) is 0 Å². The first-order valence-corrected chi connectivity index (χ1v) is 9.30. The van der Waals surface area contributed by atoms with Crippen molar-refractivity contribution >= 4 is 20.2 Å². The van der Waals surface area contributed by atoms with Gasteiger partial charge in [0.1, 0.15) is 12.4 Å². The monoisotopic (exact) mass is 382 g/mol. The molecule has 0 aliphatic carbocycles. The summed E-state index contributed by atoms with van der Waals surface area (Å²) in [5, 5.41) is 0. The predicted octanol–water partition coefficient (Wildman–Crippen LogP) is 0.515. The third kappa shape index (κ3) is 10.3. The van der Waals surface area contributed by atoms with E-state index in [2.05, 4.69) is 6.92 Å². The van der Waals surface area contributed by atoms with Crippen LogP contribution in [0.2, 0.25) is 0 Å². The second-order valence-corrected chi connectivity index (χ2v) is 7.32. The lowest BCUT2D eigenvalue weighted by atomic mass is 10.3. The molecule has 8 nitrogen and oxygen atoms in total. The van der Waals surface area contributed by atoms with Gasteiger partial charge in [-0.25, -0.2) is 17.6 Å². The van der Waals surface area contributed by atoms with Crippen molar-refractivity contribution in [1.82, 2.24) is 4.57 Å². The fourth-order valence-electron chi connectivity index (χ4n) is 1.34. The Hall–Kier alpha value is -1.18. The number of halogens is 3. The summed E-state index contributed by atoms with van der Waals surface area (Å²) in [6, 6.07) is 0. The molecule has 0 bridgehead atoms. The Morgan fingerprint density at radius 2 is 1.74 bits per heavy atom. The maximum absolute atomic E-state index is 10.7. The number of alkyl halides is 3. The first-order chi connectivity index (χ1) is 10.3. The highest BCUT2D eigenvalue weighted by Gasteiger charge is 2.36. The summed E-state index contributed by atoms with van der Waals surface area (Å²) in [7, 11) is -9.88. The van der Waals surface area contributed by atoms with Crippen molar-refractivity contribution in [3.05, 3.63) is 18.7 Å². The molecule has 0 saturated heterocycles. The van der Waals surface area contributed by atoms with Gasteiger partial charge in [0.05, 0.1) is 18.8 Å². The van der Waals surface area contributed by atoms with Crippen LogP contribution < -0.4 is 4.57 Å². The zero-order chi connectivity index (χ0) is 18.3. The van der Waals surface area contributed by atoms with Gasteiger partial charge in [-0.05, 0) is 19.8 Å². The molecule has 0 aromatic carbocycles. The number of imidazole rings is 1. The van der Waals surface area contributed by atoms with Crippen LogP contribution in [0.5, 0.6) is 0 Å². The lowest BCUT2D eigenvalue weighted by molar-refractivity contribution is -0.696. The predicted molar refractivity (Wildman–Crippen MR) is 71.7 cm³/mol. The smallest absolute Gasteiger partial charge is 0.485 e. The zero-order valence-electron chi connectivity index (χ0n) is 12.1. The molecule has 23 heavy (non-hydrogen) atoms. The molecule has 1 rings (SSSR count). The van der Waals surface area contributed by atoms with Crippen molar-refractivity contribution in [2.45, 2.75) is 38.4 Å². The van der Waals surface area contributed by atoms with Crippen LogP contribution in [0.25, 0.3) is 0 Å². The third-order valence-corrected chi connectivity index (χ3v) is 3.84. The van der Waals surface area contributed by atoms with Gasteiger partial charge < -0.3 is 4.55 Å². The number of hydrogen-bond acceptors (Lipinski definition) is 5. The number of nitrogens with zero attached hydrogens (tertiary/aromatic N) is 2. The van der Waals surface area contributed by atoms with E-state index in [9.17, 15) is 21.6 Å². The summed E-state index contributed by atoms with van der Waals surface area (Å²) >= 11 is 0. The fourth-order valence-corrected chi connectivity index (χ4v) is 1.91. The van der Waals surface area contributed by atoms with Crippen molar-refractivity contribution in [1.29, 1.82) is 0 Å². The van der Waals surface area contributed by atoms with Crippen molar-refractivity contribution in [2.24, 2.45) is 0 Å². The van der Waals surface area contributed by atoms with Gasteiger partial charge in [-0.15, -0.1) is 0 Å². The van der Waals surface area contributed by atoms with Gasteiger partial charge in [0.25, 0.3) is 10.1 Å². The maximum Gasteiger partial charge on any atom is 0.485 e. The van der Waals surface area contributed by atoms with Gasteiger partial charge in [-0.2, -0.15) is 21.6 Å². The number of rotatable bonds is 6. The van der Waals surface area contributed by atoms with E-state index in [0.717, 1.165) is 19.5 Å². The summed E-state index contributed by atoms with van der Waals surface area (Å²) in [4.78, 5) is 0. The Morgan fingerprint density at radius 3 is 2.09 bits per heavy atom. The summed E-state index contributed by atoms with van der Waals surface area (Å²) < 4.78 is 92.3. The van der Waals surface area contributed by atoms with Gasteiger partial charge in [-0.3, -0.25) is 4.55 Å². The highest BCUT2D eigenvalue weighted by Crippen LogP contribution is 2.20. The highest BCUT2D eigenvalue weighted by atomic mass is 32.2. The quantitative estimate of drug-likeness (QED) is 0.331. The molecule has 1 N–H and O–H groups in total. The van der Waals surface area contributed by atoms with E-state index in [0.29, 0.717) is 6.42 Å². The Balaban J connectivity index is 0.000000515. The number of aromatic nitrogens is 2. The van der Waals surface area contributed by atoms with Crippen LogP contribution in [0.15, 0.2) is 18.7 Å². The summed E-state index contributed by atoms with van der Waals surface area (Å²) in [6.45, 7) is 3.77. The second-order valence-electron chi connectivity index (χ2n) is 4.37. The highest BCUT2D eigenvalue weighted by molar-refractivity contribution is 7.86. The van der Waals surface area contributed by atoms with Crippen molar-refractivity contribution < 1.29 is 43.7 Å². The summed E-state index contributed by atoms with van der Waals surface area (Å²) in [6.07, 6.45) is 7.15. The molecule has 1 aromatic rings. The molecule has 0 aliphatic rings. The van der Waals surface area contributed by atoms with E-state index in [4.69, 9.17) is 17.5 Å². The minimum atomic E-state index is -6.09. The molecule has 0 fully saturated rings. The molecule has 0 aliphatic heterocycles. The van der Waals surface area contributed by atoms with Crippen molar-refractivity contribution in [2.75, 3.05) is 5.75 Å². The van der Waals surface area contributed by atoms with Crippen LogP contribution in [0.4, 0.5) is 13.2 Å². The molecule has 1 heterocycles. The van der Waals surface area contributed by atoms with E-state index in [1.165, 1.54) is 0 Å². The molecule has 0 unspecified atom stereocenters. The van der Waals surface area contributed by atoms with Crippen LogP contribution in [0.1, 0.15) is 19.8 Å². The first-order valence-electron chi connectivity index (χ1n) is 6.28. The van der Waals surface area contributed by atoms with Crippen molar-refractivity contribution in [3.63, 3.8) is 0 Å². The van der Waals surface area contributed by atoms with Crippen LogP contribution in [0, 0.1) is 0 Å². The molecule has 0 radical (unpaired) electrons. The SMILES string of the molecule is CCn1cc[n+](CCCCS(=O)(=O)O)c1.O=S(=O)([O-])C(F)(F)F. The van der Waals surface area contributed by atoms with Crippen LogP contribution in [0.3, 0.4) is 0 Å². The van der Waals surface area contributed by atoms with Gasteiger partial charge in [-0.1, -0.05) is 0 Å². The van der Waals surface area contributed by atoms with Crippen LogP contribution >= 0.6 is 0 Å². The van der Waals surface area contributed by atoms with Crippen molar-refractivity contribution in [3.8, 4) is 0 Å². The standard InChI is InChI=1S/C9H16N2O3S.CHF3O3S/c1-2-10-6-7-11(9-10)5-3-4-8-15(12,13)14;2-1(3,4)8(5,6)7/h6-7,9H,2-5,8H2,1H3;(H,5,6,7). The molecule has 0 amide bonds. The molecular weight excluding hydrogens is 365 g/mol. The first kappa shape index (κ1) is 21.8. The Bertz CT molecular complexity index is 682. The topological polar surface area (TPSA) is 120 Å². The van der Waals surface area contributed by atoms with Crippen LogP contribution in [-0.4, -0.2) is 41.8 Å².